The third kappa shape index (κ3) is 3.66. The molecule has 0 aliphatic heterocycles. The van der Waals surface area contributed by atoms with Crippen molar-refractivity contribution < 1.29 is 9.90 Å². The summed E-state index contributed by atoms with van der Waals surface area (Å²) in [6.45, 7) is 0. The van der Waals surface area contributed by atoms with Gasteiger partial charge < -0.3 is 9.83 Å². The van der Waals surface area contributed by atoms with Gasteiger partial charge in [0, 0.05) is 10.9 Å². The maximum atomic E-state index is 10.7. The molecule has 1 aromatic rings. The topological polar surface area (TPSA) is 49.3 Å². The first-order chi connectivity index (χ1) is 8.25. The van der Waals surface area contributed by atoms with Crippen LogP contribution in [0.25, 0.3) is 0 Å². The van der Waals surface area contributed by atoms with Crippen LogP contribution in [0, 0.1) is 0 Å². The van der Waals surface area contributed by atoms with E-state index in [1.54, 1.807) is 24.1 Å². The van der Waals surface area contributed by atoms with Crippen molar-refractivity contribution in [2.75, 3.05) is 4.72 Å². The van der Waals surface area contributed by atoms with Crippen LogP contribution in [-0.4, -0.2) is 16.3 Å². The van der Waals surface area contributed by atoms with Crippen LogP contribution in [0.5, 0.6) is 0 Å². The maximum Gasteiger partial charge on any atom is 0.335 e. The van der Waals surface area contributed by atoms with Gasteiger partial charge in [-0.3, -0.25) is 0 Å². The van der Waals surface area contributed by atoms with Crippen LogP contribution in [-0.2, 0) is 0 Å². The number of carboxylic acid groups (broad SMARTS) is 1. The van der Waals surface area contributed by atoms with Gasteiger partial charge in [-0.25, -0.2) is 4.79 Å². The van der Waals surface area contributed by atoms with Crippen molar-refractivity contribution in [1.29, 1.82) is 0 Å². The molecule has 17 heavy (non-hydrogen) atoms. The smallest absolute Gasteiger partial charge is 0.335 e. The normalized spacial score (nSPS) is 16.7. The van der Waals surface area contributed by atoms with E-state index >= 15 is 0 Å². The summed E-state index contributed by atoms with van der Waals surface area (Å²) < 4.78 is 3.30. The van der Waals surface area contributed by atoms with E-state index in [1.165, 1.54) is 32.1 Å². The summed E-state index contributed by atoms with van der Waals surface area (Å²) in [5.41, 5.74) is 1.31. The first-order valence-electron chi connectivity index (χ1n) is 6.01. The Bertz CT molecular complexity index is 372. The SMILES string of the molecule is O=C(O)c1ccc(NSC2CCCCC2)cc1. The average Bonchev–Trinajstić information content (AvgIpc) is 2.38. The molecule has 4 heteroatoms. The minimum Gasteiger partial charge on any atom is -0.478 e. The van der Waals surface area contributed by atoms with Crippen LogP contribution < -0.4 is 4.72 Å². The van der Waals surface area contributed by atoms with Gasteiger partial charge in [-0.05, 0) is 49.1 Å². The van der Waals surface area contributed by atoms with E-state index in [1.807, 2.05) is 12.1 Å². The Hall–Kier alpha value is -1.16. The van der Waals surface area contributed by atoms with Crippen molar-refractivity contribution in [3.8, 4) is 0 Å². The van der Waals surface area contributed by atoms with E-state index in [-0.39, 0.29) is 0 Å². The van der Waals surface area contributed by atoms with E-state index < -0.39 is 5.97 Å². The van der Waals surface area contributed by atoms with E-state index in [9.17, 15) is 4.79 Å². The minimum absolute atomic E-state index is 0.332. The van der Waals surface area contributed by atoms with E-state index in [0.717, 1.165) is 5.69 Å². The van der Waals surface area contributed by atoms with Crippen LogP contribution in [0.15, 0.2) is 24.3 Å². The van der Waals surface area contributed by atoms with E-state index in [4.69, 9.17) is 5.11 Å². The number of carbonyl (C=O) groups is 1. The van der Waals surface area contributed by atoms with Gasteiger partial charge in [-0.1, -0.05) is 19.3 Å². The van der Waals surface area contributed by atoms with E-state index in [0.29, 0.717) is 10.8 Å². The predicted molar refractivity (Wildman–Crippen MR) is 71.5 cm³/mol. The summed E-state index contributed by atoms with van der Waals surface area (Å²) in [5.74, 6) is -0.878. The van der Waals surface area contributed by atoms with Crippen molar-refractivity contribution in [3.63, 3.8) is 0 Å². The quantitative estimate of drug-likeness (QED) is 0.800. The zero-order valence-corrected chi connectivity index (χ0v) is 10.5. The molecule has 0 spiro atoms. The number of aromatic carboxylic acids is 1. The predicted octanol–water partition coefficient (Wildman–Crippen LogP) is 3.78. The van der Waals surface area contributed by atoms with Gasteiger partial charge >= 0.3 is 5.97 Å². The van der Waals surface area contributed by atoms with Crippen molar-refractivity contribution in [3.05, 3.63) is 29.8 Å². The molecule has 0 radical (unpaired) electrons. The standard InChI is InChI=1S/C13H17NO2S/c15-13(16)10-6-8-11(9-7-10)14-17-12-4-2-1-3-5-12/h6-9,12,14H,1-5H2,(H,15,16). The molecule has 1 aromatic carbocycles. The van der Waals surface area contributed by atoms with Crippen molar-refractivity contribution >= 4 is 23.6 Å². The molecule has 0 heterocycles. The van der Waals surface area contributed by atoms with Crippen LogP contribution in [0.3, 0.4) is 0 Å². The van der Waals surface area contributed by atoms with Crippen LogP contribution in [0.1, 0.15) is 42.5 Å². The lowest BCUT2D eigenvalue weighted by Crippen LogP contribution is -2.10. The summed E-state index contributed by atoms with van der Waals surface area (Å²) in [4.78, 5) is 10.7. The molecule has 0 bridgehead atoms. The van der Waals surface area contributed by atoms with Crippen molar-refractivity contribution in [2.24, 2.45) is 0 Å². The molecule has 92 valence electrons. The second-order valence-electron chi connectivity index (χ2n) is 4.36. The molecule has 1 saturated carbocycles. The fourth-order valence-corrected chi connectivity index (χ4v) is 3.02. The highest BCUT2D eigenvalue weighted by Crippen LogP contribution is 2.29. The molecule has 0 atom stereocenters. The Morgan fingerprint density at radius 1 is 1.18 bits per heavy atom. The molecule has 3 nitrogen and oxygen atoms in total. The molecule has 0 amide bonds. The van der Waals surface area contributed by atoms with Crippen LogP contribution in [0.2, 0.25) is 0 Å². The van der Waals surface area contributed by atoms with Gasteiger partial charge in [0.1, 0.15) is 0 Å². The summed E-state index contributed by atoms with van der Waals surface area (Å²) in [6, 6.07) is 6.90. The fourth-order valence-electron chi connectivity index (χ4n) is 2.02. The highest BCUT2D eigenvalue weighted by atomic mass is 32.2. The molecule has 2 N–H and O–H groups in total. The number of carboxylic acids is 1. The summed E-state index contributed by atoms with van der Waals surface area (Å²) >= 11 is 1.77. The third-order valence-electron chi connectivity index (χ3n) is 3.03. The number of nitrogens with one attached hydrogen (secondary N) is 1. The lowest BCUT2D eigenvalue weighted by molar-refractivity contribution is 0.0697. The molecule has 0 saturated heterocycles. The minimum atomic E-state index is -0.878. The second-order valence-corrected chi connectivity index (χ2v) is 5.47. The number of hydrogen-bond acceptors (Lipinski definition) is 3. The number of hydrogen-bond donors (Lipinski definition) is 2. The molecular formula is C13H17NO2S. The molecule has 1 aliphatic rings. The van der Waals surface area contributed by atoms with Gasteiger partial charge in [-0.15, -0.1) is 0 Å². The highest BCUT2D eigenvalue weighted by molar-refractivity contribution is 8.01. The number of anilines is 1. The molecule has 1 aliphatic carbocycles. The molecular weight excluding hydrogens is 234 g/mol. The zero-order chi connectivity index (χ0) is 12.1. The van der Waals surface area contributed by atoms with E-state index in [2.05, 4.69) is 4.72 Å². The van der Waals surface area contributed by atoms with Gasteiger partial charge in [-0.2, -0.15) is 0 Å². The number of benzene rings is 1. The van der Waals surface area contributed by atoms with Crippen LogP contribution in [0.4, 0.5) is 5.69 Å². The molecule has 0 aromatic heterocycles. The van der Waals surface area contributed by atoms with Gasteiger partial charge in [0.25, 0.3) is 0 Å². The van der Waals surface area contributed by atoms with Crippen molar-refractivity contribution in [2.45, 2.75) is 37.4 Å². The highest BCUT2D eigenvalue weighted by Gasteiger charge is 2.13. The molecule has 0 unspecified atom stereocenters. The lowest BCUT2D eigenvalue weighted by atomic mass is 10.0. The van der Waals surface area contributed by atoms with Crippen LogP contribution >= 0.6 is 11.9 Å². The van der Waals surface area contributed by atoms with Gasteiger partial charge in [0.05, 0.1) is 5.56 Å². The largest absolute Gasteiger partial charge is 0.478 e. The summed E-state index contributed by atoms with van der Waals surface area (Å²) in [5, 5.41) is 9.48. The lowest BCUT2D eigenvalue weighted by Gasteiger charge is -2.21. The Balaban J connectivity index is 1.84. The third-order valence-corrected chi connectivity index (χ3v) is 4.19. The zero-order valence-electron chi connectivity index (χ0n) is 9.69. The average molecular weight is 251 g/mol. The molecule has 2 rings (SSSR count). The summed E-state index contributed by atoms with van der Waals surface area (Å²) in [7, 11) is 0. The van der Waals surface area contributed by atoms with Gasteiger partial charge in [0.2, 0.25) is 0 Å². The van der Waals surface area contributed by atoms with Gasteiger partial charge in [0.15, 0.2) is 0 Å². The Kier molecular flexibility index (Phi) is 4.31. The second kappa shape index (κ2) is 5.96. The first kappa shape index (κ1) is 12.3. The maximum absolute atomic E-state index is 10.7. The number of rotatable bonds is 4. The first-order valence-corrected chi connectivity index (χ1v) is 6.89. The molecule has 1 fully saturated rings. The monoisotopic (exact) mass is 251 g/mol. The summed E-state index contributed by atoms with van der Waals surface area (Å²) in [6.07, 6.45) is 6.59. The van der Waals surface area contributed by atoms with Crippen molar-refractivity contribution in [1.82, 2.24) is 0 Å². The Morgan fingerprint density at radius 3 is 2.41 bits per heavy atom. The Morgan fingerprint density at radius 2 is 1.82 bits per heavy atom. The Labute approximate surface area is 106 Å². The fraction of sp³-hybridized carbons (Fsp3) is 0.462.